The maximum Gasteiger partial charge on any atom is 0.185 e. The zero-order valence-corrected chi connectivity index (χ0v) is 12.2. The third kappa shape index (κ3) is 25.3. The molecule has 0 aromatic heterocycles. The van der Waals surface area contributed by atoms with Crippen molar-refractivity contribution in [3.63, 3.8) is 0 Å². The minimum absolute atomic E-state index is 0.169. The van der Waals surface area contributed by atoms with Crippen LogP contribution in [0.4, 0.5) is 0 Å². The summed E-state index contributed by atoms with van der Waals surface area (Å²) in [6.07, 6.45) is 0.998. The van der Waals surface area contributed by atoms with E-state index in [4.69, 9.17) is 11.5 Å². The molecule has 5 nitrogen and oxygen atoms in total. The molecule has 5 N–H and O–H groups in total. The van der Waals surface area contributed by atoms with E-state index < -0.39 is 0 Å². The normalized spacial score (nSPS) is 8.41. The van der Waals surface area contributed by atoms with Crippen molar-refractivity contribution in [1.82, 2.24) is 5.32 Å². The van der Waals surface area contributed by atoms with Crippen LogP contribution in [0, 0.1) is 5.92 Å². The first-order valence-electron chi connectivity index (χ1n) is 6.18. The van der Waals surface area contributed by atoms with Crippen molar-refractivity contribution in [3.8, 4) is 0 Å². The van der Waals surface area contributed by atoms with Crippen molar-refractivity contribution in [1.29, 1.82) is 0 Å². The van der Waals surface area contributed by atoms with Crippen LogP contribution in [0.5, 0.6) is 0 Å². The van der Waals surface area contributed by atoms with E-state index in [1.165, 1.54) is 0 Å². The predicted octanol–water partition coefficient (Wildman–Crippen LogP) is 1.13. The number of carbonyl (C=O) groups is 1. The molecule has 0 fully saturated rings. The van der Waals surface area contributed by atoms with Gasteiger partial charge in [-0.05, 0) is 13.5 Å². The van der Waals surface area contributed by atoms with Gasteiger partial charge in [-0.25, -0.2) is 0 Å². The maximum absolute atomic E-state index is 10.7. The Morgan fingerprint density at radius 3 is 1.88 bits per heavy atom. The summed E-state index contributed by atoms with van der Waals surface area (Å²) in [5.74, 6) is 0.622. The number of Topliss-reactive ketones (excluding diaryl/α,β-unsaturated/α-hetero) is 1. The van der Waals surface area contributed by atoms with Crippen LogP contribution in [0.2, 0.25) is 0 Å². The van der Waals surface area contributed by atoms with Gasteiger partial charge >= 0.3 is 0 Å². The average Bonchev–Trinajstić information content (AvgIpc) is 2.30. The number of guanidine groups is 1. The molecule has 0 amide bonds. The number of likely N-dealkylation sites (N-methyl/N-ethyl adjacent to an activating group) is 1. The van der Waals surface area contributed by atoms with E-state index in [2.05, 4.69) is 10.3 Å². The second-order valence-electron chi connectivity index (χ2n) is 3.46. The summed E-state index contributed by atoms with van der Waals surface area (Å²) in [6, 6.07) is 0. The lowest BCUT2D eigenvalue weighted by molar-refractivity contribution is -0.120. The number of nitrogens with zero attached hydrogens (tertiary/aromatic N) is 1. The van der Waals surface area contributed by atoms with Gasteiger partial charge < -0.3 is 16.8 Å². The Morgan fingerprint density at radius 1 is 1.29 bits per heavy atom. The second kappa shape index (κ2) is 17.3. The van der Waals surface area contributed by atoms with Crippen molar-refractivity contribution in [3.05, 3.63) is 0 Å². The molecular formula is C12H30N4O. The smallest absolute Gasteiger partial charge is 0.185 e. The molecule has 0 aromatic rings. The Bertz CT molecular complexity index is 187. The monoisotopic (exact) mass is 246 g/mol. The highest BCUT2D eigenvalue weighted by molar-refractivity contribution is 5.82. The number of aliphatic imine (C=N–C) groups is 1. The molecule has 0 saturated carbocycles. The molecule has 0 saturated heterocycles. The van der Waals surface area contributed by atoms with Gasteiger partial charge in [-0.2, -0.15) is 0 Å². The number of nitrogens with one attached hydrogen (secondary N) is 1. The SMILES string of the molecule is CC.CCCN=C(N)N.CNCC(=O)C(C)C. The van der Waals surface area contributed by atoms with Crippen LogP contribution in [-0.4, -0.2) is 31.9 Å². The Morgan fingerprint density at radius 2 is 1.76 bits per heavy atom. The third-order valence-electron chi connectivity index (χ3n) is 1.51. The average molecular weight is 246 g/mol. The zero-order valence-electron chi connectivity index (χ0n) is 12.2. The van der Waals surface area contributed by atoms with Gasteiger partial charge in [-0.15, -0.1) is 0 Å². The lowest BCUT2D eigenvalue weighted by Crippen LogP contribution is -2.22. The highest BCUT2D eigenvalue weighted by Gasteiger charge is 2.03. The number of ketones is 1. The topological polar surface area (TPSA) is 93.5 Å². The Kier molecular flexibility index (Phi) is 21.6. The molecule has 0 aliphatic rings. The fraction of sp³-hybridized carbons (Fsp3) is 0.833. The number of hydrogen-bond donors (Lipinski definition) is 3. The van der Waals surface area contributed by atoms with E-state index in [0.29, 0.717) is 6.54 Å². The Hall–Kier alpha value is -1.10. The van der Waals surface area contributed by atoms with Gasteiger partial charge in [0.2, 0.25) is 0 Å². The van der Waals surface area contributed by atoms with Crippen molar-refractivity contribution in [2.75, 3.05) is 20.1 Å². The van der Waals surface area contributed by atoms with Crippen LogP contribution >= 0.6 is 0 Å². The molecule has 0 spiro atoms. The van der Waals surface area contributed by atoms with Crippen LogP contribution < -0.4 is 16.8 Å². The van der Waals surface area contributed by atoms with E-state index in [1.54, 1.807) is 7.05 Å². The van der Waals surface area contributed by atoms with Crippen molar-refractivity contribution < 1.29 is 4.79 Å². The fourth-order valence-electron chi connectivity index (χ4n) is 0.619. The maximum atomic E-state index is 10.7. The highest BCUT2D eigenvalue weighted by atomic mass is 16.1. The molecular weight excluding hydrogens is 216 g/mol. The molecule has 5 heteroatoms. The van der Waals surface area contributed by atoms with Crippen LogP contribution in [0.3, 0.4) is 0 Å². The first-order valence-corrected chi connectivity index (χ1v) is 6.18. The molecule has 0 aromatic carbocycles. The van der Waals surface area contributed by atoms with Crippen LogP contribution in [0.15, 0.2) is 4.99 Å². The lowest BCUT2D eigenvalue weighted by atomic mass is 10.1. The molecule has 0 heterocycles. The minimum atomic E-state index is 0.169. The summed E-state index contributed by atoms with van der Waals surface area (Å²) in [5.41, 5.74) is 10.0. The van der Waals surface area contributed by atoms with E-state index in [1.807, 2.05) is 34.6 Å². The highest BCUT2D eigenvalue weighted by Crippen LogP contribution is 1.90. The van der Waals surface area contributed by atoms with Crippen molar-refractivity contribution in [2.45, 2.75) is 41.0 Å². The first kappa shape index (κ1) is 21.2. The Balaban J connectivity index is -0.000000202. The molecule has 0 unspecified atom stereocenters. The van der Waals surface area contributed by atoms with Gasteiger partial charge in [0.05, 0.1) is 6.54 Å². The number of rotatable bonds is 5. The van der Waals surface area contributed by atoms with E-state index in [0.717, 1.165) is 13.0 Å². The molecule has 17 heavy (non-hydrogen) atoms. The van der Waals surface area contributed by atoms with E-state index in [9.17, 15) is 4.79 Å². The van der Waals surface area contributed by atoms with E-state index in [-0.39, 0.29) is 17.7 Å². The van der Waals surface area contributed by atoms with Gasteiger partial charge in [0.25, 0.3) is 0 Å². The molecule has 0 atom stereocenters. The van der Waals surface area contributed by atoms with Gasteiger partial charge in [0.15, 0.2) is 5.96 Å². The first-order chi connectivity index (χ1) is 7.95. The fourth-order valence-corrected chi connectivity index (χ4v) is 0.619. The number of nitrogens with two attached hydrogens (primary N) is 2. The molecule has 0 rings (SSSR count). The van der Waals surface area contributed by atoms with Crippen LogP contribution in [0.1, 0.15) is 41.0 Å². The largest absolute Gasteiger partial charge is 0.370 e. The second-order valence-corrected chi connectivity index (χ2v) is 3.46. The van der Waals surface area contributed by atoms with E-state index >= 15 is 0 Å². The van der Waals surface area contributed by atoms with Gasteiger partial charge in [0.1, 0.15) is 5.78 Å². The molecule has 104 valence electrons. The standard InChI is InChI=1S/C6H13NO.C4H11N3.C2H6/c1-5(2)6(8)4-7-3;1-2-3-7-4(5)6;1-2/h5,7H,4H2,1-3H3;2-3H2,1H3,(H4,5,6,7);1-2H3. The predicted molar refractivity (Wildman–Crippen MR) is 76.1 cm³/mol. The molecule has 0 aliphatic carbocycles. The third-order valence-corrected chi connectivity index (χ3v) is 1.51. The van der Waals surface area contributed by atoms with Gasteiger partial charge in [-0.1, -0.05) is 34.6 Å². The minimum Gasteiger partial charge on any atom is -0.370 e. The summed E-state index contributed by atoms with van der Waals surface area (Å²) in [4.78, 5) is 14.4. The van der Waals surface area contributed by atoms with Gasteiger partial charge in [-0.3, -0.25) is 9.79 Å². The summed E-state index contributed by atoms with van der Waals surface area (Å²) in [6.45, 7) is 11.1. The lowest BCUT2D eigenvalue weighted by Gasteiger charge is -2.00. The zero-order chi connectivity index (χ0) is 14.3. The summed E-state index contributed by atoms with van der Waals surface area (Å²) in [7, 11) is 1.78. The molecule has 0 radical (unpaired) electrons. The molecule has 0 bridgehead atoms. The number of hydrogen-bond acceptors (Lipinski definition) is 3. The quantitative estimate of drug-likeness (QED) is 0.500. The summed E-state index contributed by atoms with van der Waals surface area (Å²) in [5, 5.41) is 2.80. The van der Waals surface area contributed by atoms with Crippen molar-refractivity contribution in [2.24, 2.45) is 22.4 Å². The van der Waals surface area contributed by atoms with Crippen LogP contribution in [0.25, 0.3) is 0 Å². The summed E-state index contributed by atoms with van der Waals surface area (Å²) >= 11 is 0. The Labute approximate surface area is 106 Å². The molecule has 0 aliphatic heterocycles. The van der Waals surface area contributed by atoms with Crippen LogP contribution in [-0.2, 0) is 4.79 Å². The summed E-state index contributed by atoms with van der Waals surface area (Å²) < 4.78 is 0. The van der Waals surface area contributed by atoms with Crippen molar-refractivity contribution >= 4 is 11.7 Å². The number of carbonyl (C=O) groups excluding carboxylic acids is 1. The van der Waals surface area contributed by atoms with Gasteiger partial charge in [0, 0.05) is 12.5 Å².